The van der Waals surface area contributed by atoms with Gasteiger partial charge in [0.25, 0.3) is 5.89 Å². The first-order valence-corrected chi connectivity index (χ1v) is 10.1. The fraction of sp³-hybridized carbons (Fsp3) is 0.227. The highest BCUT2D eigenvalue weighted by Crippen LogP contribution is 2.39. The van der Waals surface area contributed by atoms with Crippen LogP contribution in [-0.4, -0.2) is 33.7 Å². The second-order valence-electron chi connectivity index (χ2n) is 7.59. The summed E-state index contributed by atoms with van der Waals surface area (Å²) in [4.78, 5) is 15.1. The number of anilines is 1. The average Bonchev–Trinajstić information content (AvgIpc) is 3.31. The molecule has 32 heavy (non-hydrogen) atoms. The van der Waals surface area contributed by atoms with Gasteiger partial charge >= 0.3 is 6.01 Å². The number of aromatic amines is 1. The quantitative estimate of drug-likeness (QED) is 0.437. The zero-order valence-electron chi connectivity index (χ0n) is 16.7. The van der Waals surface area contributed by atoms with Crippen LogP contribution in [0.4, 0.5) is 19.2 Å². The van der Waals surface area contributed by atoms with Gasteiger partial charge in [-0.05, 0) is 55.2 Å². The van der Waals surface area contributed by atoms with Gasteiger partial charge in [-0.3, -0.25) is 4.79 Å². The van der Waals surface area contributed by atoms with Crippen LogP contribution in [0.5, 0.6) is 0 Å². The van der Waals surface area contributed by atoms with E-state index in [0.29, 0.717) is 24.2 Å². The second kappa shape index (κ2) is 8.03. The number of rotatable bonds is 4. The van der Waals surface area contributed by atoms with E-state index >= 15 is 0 Å². The number of nitrogens with one attached hydrogen (secondary N) is 3. The van der Waals surface area contributed by atoms with Gasteiger partial charge in [0.2, 0.25) is 5.91 Å². The van der Waals surface area contributed by atoms with Crippen molar-refractivity contribution < 1.29 is 22.4 Å². The number of carbonyl (C=O) groups excluding carboxylic acids is 1. The van der Waals surface area contributed by atoms with Crippen molar-refractivity contribution >= 4 is 22.8 Å². The molecule has 1 aliphatic heterocycles. The summed E-state index contributed by atoms with van der Waals surface area (Å²) in [5, 5.41) is 13.9. The molecule has 1 atom stereocenters. The Balaban J connectivity index is 1.59. The first-order valence-electron chi connectivity index (χ1n) is 10.1. The number of nitrogens with zero attached hydrogens (tertiary/aromatic N) is 2. The van der Waals surface area contributed by atoms with Crippen LogP contribution in [0.15, 0.2) is 40.8 Å². The molecule has 4 aromatic rings. The Labute approximate surface area is 180 Å². The minimum absolute atomic E-state index is 0.00268. The summed E-state index contributed by atoms with van der Waals surface area (Å²) in [5.74, 6) is -2.16. The van der Waals surface area contributed by atoms with Gasteiger partial charge in [0.05, 0.1) is 16.8 Å². The van der Waals surface area contributed by atoms with Crippen molar-refractivity contribution in [1.82, 2.24) is 20.5 Å². The van der Waals surface area contributed by atoms with Crippen molar-refractivity contribution in [1.29, 1.82) is 0 Å². The van der Waals surface area contributed by atoms with E-state index in [1.807, 2.05) is 0 Å². The van der Waals surface area contributed by atoms with Gasteiger partial charge < -0.3 is 20.0 Å². The highest BCUT2D eigenvalue weighted by atomic mass is 19.1. The largest absolute Gasteiger partial charge is 0.403 e. The van der Waals surface area contributed by atoms with Crippen molar-refractivity contribution in [2.75, 3.05) is 11.9 Å². The van der Waals surface area contributed by atoms with Crippen LogP contribution in [0.1, 0.15) is 19.3 Å². The number of halogens is 3. The monoisotopic (exact) mass is 441 g/mol. The van der Waals surface area contributed by atoms with Gasteiger partial charge in [0.1, 0.15) is 23.5 Å². The molecule has 2 aromatic heterocycles. The molecule has 0 aliphatic carbocycles. The first-order chi connectivity index (χ1) is 15.5. The van der Waals surface area contributed by atoms with Gasteiger partial charge in [-0.2, -0.15) is 0 Å². The molecule has 0 radical (unpaired) electrons. The summed E-state index contributed by atoms with van der Waals surface area (Å²) in [6.45, 7) is 0.611. The number of H-pyrrole nitrogens is 1. The van der Waals surface area contributed by atoms with Gasteiger partial charge in [-0.1, -0.05) is 5.10 Å². The predicted octanol–water partition coefficient (Wildman–Crippen LogP) is 4.38. The lowest BCUT2D eigenvalue weighted by molar-refractivity contribution is -0.121. The lowest BCUT2D eigenvalue weighted by Crippen LogP contribution is -2.37. The highest BCUT2D eigenvalue weighted by Gasteiger charge is 2.25. The van der Waals surface area contributed by atoms with Crippen LogP contribution in [0.25, 0.3) is 33.6 Å². The third kappa shape index (κ3) is 3.68. The fourth-order valence-corrected chi connectivity index (χ4v) is 3.88. The van der Waals surface area contributed by atoms with Gasteiger partial charge in [-0.15, -0.1) is 5.10 Å². The van der Waals surface area contributed by atoms with Gasteiger partial charge in [-0.25, -0.2) is 13.2 Å². The normalized spacial score (nSPS) is 16.7. The molecule has 1 fully saturated rings. The molecule has 1 aliphatic rings. The number of hydrogen-bond acceptors (Lipinski definition) is 5. The molecule has 1 amide bonds. The molecule has 2 aromatic carbocycles. The summed E-state index contributed by atoms with van der Waals surface area (Å²) in [5.41, 5.74) is 1.22. The molecule has 3 heterocycles. The summed E-state index contributed by atoms with van der Waals surface area (Å²) < 4.78 is 47.7. The highest BCUT2D eigenvalue weighted by molar-refractivity contribution is 6.02. The van der Waals surface area contributed by atoms with Crippen LogP contribution < -0.4 is 10.6 Å². The molecule has 1 saturated heterocycles. The predicted molar refractivity (Wildman–Crippen MR) is 111 cm³/mol. The molecule has 10 heteroatoms. The fourth-order valence-electron chi connectivity index (χ4n) is 3.88. The number of benzene rings is 2. The summed E-state index contributed by atoms with van der Waals surface area (Å²) in [6, 6.07) is 6.93. The maximum Gasteiger partial charge on any atom is 0.316 e. The van der Waals surface area contributed by atoms with Crippen molar-refractivity contribution in [3.63, 3.8) is 0 Å². The topological polar surface area (TPSA) is 95.8 Å². The Hall–Kier alpha value is -3.82. The van der Waals surface area contributed by atoms with E-state index < -0.39 is 23.5 Å². The van der Waals surface area contributed by atoms with E-state index in [1.54, 1.807) is 0 Å². The zero-order chi connectivity index (χ0) is 22.2. The molecule has 0 saturated carbocycles. The summed E-state index contributed by atoms with van der Waals surface area (Å²) >= 11 is 0. The zero-order valence-corrected chi connectivity index (χ0v) is 16.7. The van der Waals surface area contributed by atoms with Crippen LogP contribution in [-0.2, 0) is 4.79 Å². The number of hydrogen-bond donors (Lipinski definition) is 3. The smallest absolute Gasteiger partial charge is 0.316 e. The van der Waals surface area contributed by atoms with Crippen molar-refractivity contribution in [2.45, 2.75) is 25.3 Å². The number of carbonyl (C=O) groups is 1. The Morgan fingerprint density at radius 3 is 2.66 bits per heavy atom. The molecule has 7 nitrogen and oxygen atoms in total. The molecule has 5 rings (SSSR count). The Morgan fingerprint density at radius 1 is 1.03 bits per heavy atom. The van der Waals surface area contributed by atoms with E-state index in [2.05, 4.69) is 25.8 Å². The maximum absolute atomic E-state index is 14.5. The molecule has 164 valence electrons. The molecular weight excluding hydrogens is 423 g/mol. The van der Waals surface area contributed by atoms with Crippen LogP contribution >= 0.6 is 0 Å². The van der Waals surface area contributed by atoms with E-state index in [-0.39, 0.29) is 34.3 Å². The number of aromatic nitrogens is 3. The Kier molecular flexibility index (Phi) is 5.04. The molecular formula is C22H18F3N5O2. The molecule has 0 unspecified atom stereocenters. The minimum Gasteiger partial charge on any atom is -0.403 e. The Morgan fingerprint density at radius 2 is 1.84 bits per heavy atom. The molecule has 0 spiro atoms. The van der Waals surface area contributed by atoms with Gasteiger partial charge in [0, 0.05) is 18.0 Å². The van der Waals surface area contributed by atoms with Crippen LogP contribution in [0.2, 0.25) is 0 Å². The second-order valence-corrected chi connectivity index (χ2v) is 7.59. The van der Waals surface area contributed by atoms with Crippen molar-refractivity contribution in [3.8, 4) is 22.7 Å². The Bertz CT molecular complexity index is 1300. The van der Waals surface area contributed by atoms with Crippen LogP contribution in [0.3, 0.4) is 0 Å². The minimum atomic E-state index is -0.789. The van der Waals surface area contributed by atoms with E-state index in [1.165, 1.54) is 24.3 Å². The SMILES string of the molecule is O=C1NCCCC[C@@H]1Nc1nnc(-c2c(-c3ccc(F)cc3)[nH]c3c(F)cc(F)cc23)o1. The molecule has 3 N–H and O–H groups in total. The third-order valence-electron chi connectivity index (χ3n) is 5.43. The first kappa shape index (κ1) is 20.1. The average molecular weight is 441 g/mol. The molecule has 0 bridgehead atoms. The van der Waals surface area contributed by atoms with Crippen molar-refractivity contribution in [3.05, 3.63) is 53.8 Å². The summed E-state index contributed by atoms with van der Waals surface area (Å²) in [6.07, 6.45) is 2.34. The lowest BCUT2D eigenvalue weighted by Gasteiger charge is -2.12. The van der Waals surface area contributed by atoms with E-state index in [4.69, 9.17) is 4.42 Å². The maximum atomic E-state index is 14.5. The number of amides is 1. The van der Waals surface area contributed by atoms with Gasteiger partial charge in [0.15, 0.2) is 0 Å². The van der Waals surface area contributed by atoms with E-state index in [9.17, 15) is 18.0 Å². The number of fused-ring (bicyclic) bond motifs is 1. The van der Waals surface area contributed by atoms with Crippen molar-refractivity contribution in [2.24, 2.45) is 0 Å². The standard InChI is InChI=1S/C22H18F3N5O2/c23-12-6-4-11(5-7-12)18-17(14-9-13(24)10-15(25)19(14)28-18)21-29-30-22(32-21)27-16-3-1-2-8-26-20(16)31/h4-7,9-10,16,28H,1-3,8H2,(H,26,31)(H,27,30)/t16-/m0/s1. The third-order valence-corrected chi connectivity index (χ3v) is 5.43. The van der Waals surface area contributed by atoms with Crippen LogP contribution in [0, 0.1) is 17.5 Å². The van der Waals surface area contributed by atoms with E-state index in [0.717, 1.165) is 25.0 Å². The lowest BCUT2D eigenvalue weighted by atomic mass is 10.0. The summed E-state index contributed by atoms with van der Waals surface area (Å²) in [7, 11) is 0.